The van der Waals surface area contributed by atoms with E-state index in [0.717, 1.165) is 31.1 Å². The van der Waals surface area contributed by atoms with Crippen LogP contribution in [-0.2, 0) is 11.2 Å². The summed E-state index contributed by atoms with van der Waals surface area (Å²) in [6.45, 7) is 2.74. The number of halogens is 1. The molecule has 1 saturated carbocycles. The van der Waals surface area contributed by atoms with Crippen molar-refractivity contribution in [3.05, 3.63) is 29.0 Å². The maximum absolute atomic E-state index is 6.19. The Morgan fingerprint density at radius 3 is 2.94 bits per heavy atom. The molecule has 1 N–H and O–H groups in total. The summed E-state index contributed by atoms with van der Waals surface area (Å²) in [5.74, 6) is 0. The smallest absolute Gasteiger partial charge is 0.0621 e. The summed E-state index contributed by atoms with van der Waals surface area (Å²) in [4.78, 5) is 4.04. The standard InChI is InChI=1S/C14H21ClN2O/c1-18-8-7-17-11-14(4-2-5-14)9-12-3-6-16-10-13(12)15/h3,6,10,17H,2,4-5,7-9,11H2,1H3. The molecule has 0 spiro atoms. The maximum Gasteiger partial charge on any atom is 0.0621 e. The lowest BCUT2D eigenvalue weighted by atomic mass is 9.65. The number of rotatable bonds is 7. The van der Waals surface area contributed by atoms with Crippen molar-refractivity contribution in [2.75, 3.05) is 26.8 Å². The van der Waals surface area contributed by atoms with Crippen LogP contribution >= 0.6 is 11.6 Å². The van der Waals surface area contributed by atoms with Crippen molar-refractivity contribution in [1.29, 1.82) is 0 Å². The van der Waals surface area contributed by atoms with Crippen LogP contribution in [-0.4, -0.2) is 31.8 Å². The highest BCUT2D eigenvalue weighted by Gasteiger charge is 2.36. The van der Waals surface area contributed by atoms with Crippen molar-refractivity contribution in [3.63, 3.8) is 0 Å². The molecule has 3 nitrogen and oxygen atoms in total. The molecule has 1 fully saturated rings. The normalized spacial score (nSPS) is 17.4. The number of nitrogens with zero attached hydrogens (tertiary/aromatic N) is 1. The lowest BCUT2D eigenvalue weighted by Gasteiger charge is -2.42. The van der Waals surface area contributed by atoms with Crippen molar-refractivity contribution in [3.8, 4) is 0 Å². The van der Waals surface area contributed by atoms with Crippen LogP contribution in [0.3, 0.4) is 0 Å². The van der Waals surface area contributed by atoms with Crippen LogP contribution in [0, 0.1) is 5.41 Å². The van der Waals surface area contributed by atoms with Crippen molar-refractivity contribution < 1.29 is 4.74 Å². The Hall–Kier alpha value is -0.640. The Balaban J connectivity index is 1.90. The summed E-state index contributed by atoms with van der Waals surface area (Å²) in [5.41, 5.74) is 1.61. The minimum absolute atomic E-state index is 0.388. The zero-order valence-corrected chi connectivity index (χ0v) is 11.7. The Labute approximate surface area is 114 Å². The van der Waals surface area contributed by atoms with E-state index >= 15 is 0 Å². The summed E-state index contributed by atoms with van der Waals surface area (Å²) in [6, 6.07) is 2.04. The lowest BCUT2D eigenvalue weighted by molar-refractivity contribution is 0.123. The fourth-order valence-corrected chi connectivity index (χ4v) is 2.76. The Kier molecular flexibility index (Phi) is 4.98. The summed E-state index contributed by atoms with van der Waals surface area (Å²) in [5, 5.41) is 4.28. The molecular weight excluding hydrogens is 248 g/mol. The van der Waals surface area contributed by atoms with Gasteiger partial charge in [0.1, 0.15) is 0 Å². The van der Waals surface area contributed by atoms with Gasteiger partial charge in [-0.1, -0.05) is 18.0 Å². The number of hydrogen-bond donors (Lipinski definition) is 1. The maximum atomic E-state index is 6.19. The molecule has 1 aliphatic rings. The average Bonchev–Trinajstić information content (AvgIpc) is 2.33. The van der Waals surface area contributed by atoms with Crippen LogP contribution in [0.1, 0.15) is 24.8 Å². The molecule has 0 aromatic carbocycles. The molecule has 100 valence electrons. The third kappa shape index (κ3) is 3.44. The van der Waals surface area contributed by atoms with E-state index in [2.05, 4.69) is 10.3 Å². The van der Waals surface area contributed by atoms with Gasteiger partial charge in [-0.05, 0) is 36.3 Å². The van der Waals surface area contributed by atoms with Gasteiger partial charge in [0, 0.05) is 32.6 Å². The first-order chi connectivity index (χ1) is 8.76. The van der Waals surface area contributed by atoms with Gasteiger partial charge in [-0.25, -0.2) is 0 Å². The van der Waals surface area contributed by atoms with E-state index < -0.39 is 0 Å². The zero-order chi connectivity index (χ0) is 12.8. The van der Waals surface area contributed by atoms with Gasteiger partial charge in [-0.2, -0.15) is 0 Å². The van der Waals surface area contributed by atoms with E-state index in [1.807, 2.05) is 12.3 Å². The molecule has 0 saturated heterocycles. The summed E-state index contributed by atoms with van der Waals surface area (Å²) < 4.78 is 5.05. The number of ether oxygens (including phenoxy) is 1. The minimum atomic E-state index is 0.388. The second-order valence-corrected chi connectivity index (χ2v) is 5.57. The van der Waals surface area contributed by atoms with E-state index in [1.165, 1.54) is 24.8 Å². The van der Waals surface area contributed by atoms with Gasteiger partial charge in [0.2, 0.25) is 0 Å². The van der Waals surface area contributed by atoms with Crippen LogP contribution in [0.4, 0.5) is 0 Å². The molecule has 1 aromatic heterocycles. The highest BCUT2D eigenvalue weighted by Crippen LogP contribution is 2.43. The van der Waals surface area contributed by atoms with Crippen LogP contribution < -0.4 is 5.32 Å². The van der Waals surface area contributed by atoms with Crippen LogP contribution in [0.2, 0.25) is 5.02 Å². The van der Waals surface area contributed by atoms with Crippen LogP contribution in [0.25, 0.3) is 0 Å². The molecule has 0 unspecified atom stereocenters. The largest absolute Gasteiger partial charge is 0.383 e. The van der Waals surface area contributed by atoms with Gasteiger partial charge in [-0.15, -0.1) is 0 Å². The third-order valence-corrected chi connectivity index (χ3v) is 4.16. The fourth-order valence-electron chi connectivity index (χ4n) is 2.57. The molecule has 0 aliphatic heterocycles. The highest BCUT2D eigenvalue weighted by molar-refractivity contribution is 6.31. The molecule has 0 bridgehead atoms. The van der Waals surface area contributed by atoms with E-state index in [1.54, 1.807) is 13.3 Å². The lowest BCUT2D eigenvalue weighted by Crippen LogP contribution is -2.42. The van der Waals surface area contributed by atoms with Crippen LogP contribution in [0.15, 0.2) is 18.5 Å². The number of pyridine rings is 1. The van der Waals surface area contributed by atoms with Crippen molar-refractivity contribution >= 4 is 11.6 Å². The third-order valence-electron chi connectivity index (χ3n) is 3.82. The molecule has 0 atom stereocenters. The Morgan fingerprint density at radius 2 is 2.33 bits per heavy atom. The minimum Gasteiger partial charge on any atom is -0.383 e. The number of methoxy groups -OCH3 is 1. The number of aromatic nitrogens is 1. The van der Waals surface area contributed by atoms with Gasteiger partial charge in [0.25, 0.3) is 0 Å². The zero-order valence-electron chi connectivity index (χ0n) is 10.9. The van der Waals surface area contributed by atoms with Gasteiger partial charge in [0.15, 0.2) is 0 Å². The van der Waals surface area contributed by atoms with Crippen LogP contribution in [0.5, 0.6) is 0 Å². The van der Waals surface area contributed by atoms with Crippen molar-refractivity contribution in [1.82, 2.24) is 10.3 Å². The molecule has 18 heavy (non-hydrogen) atoms. The predicted molar refractivity (Wildman–Crippen MR) is 74.0 cm³/mol. The quantitative estimate of drug-likeness (QED) is 0.772. The van der Waals surface area contributed by atoms with Crippen molar-refractivity contribution in [2.24, 2.45) is 5.41 Å². The molecule has 2 rings (SSSR count). The van der Waals surface area contributed by atoms with E-state index in [9.17, 15) is 0 Å². The van der Waals surface area contributed by atoms with Gasteiger partial charge >= 0.3 is 0 Å². The molecule has 0 radical (unpaired) electrons. The molecule has 1 aromatic rings. The average molecular weight is 269 g/mol. The molecule has 1 aliphatic carbocycles. The first-order valence-corrected chi connectivity index (χ1v) is 6.92. The first kappa shape index (κ1) is 13.8. The summed E-state index contributed by atoms with van der Waals surface area (Å²) >= 11 is 6.19. The molecule has 4 heteroatoms. The summed E-state index contributed by atoms with van der Waals surface area (Å²) in [7, 11) is 1.73. The monoisotopic (exact) mass is 268 g/mol. The Bertz CT molecular complexity index is 380. The SMILES string of the molecule is COCCNCC1(Cc2ccncc2Cl)CCC1. The molecular formula is C14H21ClN2O. The fraction of sp³-hybridized carbons (Fsp3) is 0.643. The molecule has 1 heterocycles. The van der Waals surface area contributed by atoms with Gasteiger partial charge in [0.05, 0.1) is 11.6 Å². The number of hydrogen-bond acceptors (Lipinski definition) is 3. The molecule has 0 amide bonds. The predicted octanol–water partition coefficient (Wildman–Crippen LogP) is 2.68. The van der Waals surface area contributed by atoms with Gasteiger partial charge in [-0.3, -0.25) is 4.98 Å². The van der Waals surface area contributed by atoms with E-state index in [0.29, 0.717) is 5.41 Å². The van der Waals surface area contributed by atoms with E-state index in [-0.39, 0.29) is 0 Å². The second-order valence-electron chi connectivity index (χ2n) is 5.17. The van der Waals surface area contributed by atoms with Gasteiger partial charge < -0.3 is 10.1 Å². The van der Waals surface area contributed by atoms with Crippen molar-refractivity contribution in [2.45, 2.75) is 25.7 Å². The number of nitrogens with one attached hydrogen (secondary N) is 1. The second kappa shape index (κ2) is 6.50. The highest BCUT2D eigenvalue weighted by atomic mass is 35.5. The van der Waals surface area contributed by atoms with E-state index in [4.69, 9.17) is 16.3 Å². The Morgan fingerprint density at radius 1 is 1.50 bits per heavy atom. The first-order valence-electron chi connectivity index (χ1n) is 6.54. The topological polar surface area (TPSA) is 34.1 Å². The summed E-state index contributed by atoms with van der Waals surface area (Å²) in [6.07, 6.45) is 8.51.